The normalized spacial score (nSPS) is 14.7. The number of hydrogen-bond acceptors (Lipinski definition) is 8. The van der Waals surface area contributed by atoms with E-state index in [2.05, 4.69) is 129 Å². The number of fused-ring (bicyclic) bond motifs is 8. The number of hydrogen-bond donors (Lipinski definition) is 2. The molecule has 2 N–H and O–H groups in total. The summed E-state index contributed by atoms with van der Waals surface area (Å²) >= 11 is 0. The van der Waals surface area contributed by atoms with Gasteiger partial charge in [0, 0.05) is 49.8 Å². The van der Waals surface area contributed by atoms with Gasteiger partial charge in [0.25, 0.3) is 0 Å². The van der Waals surface area contributed by atoms with Crippen LogP contribution in [-0.2, 0) is 9.31 Å². The van der Waals surface area contributed by atoms with Crippen LogP contribution < -0.4 is 24.4 Å². The summed E-state index contributed by atoms with van der Waals surface area (Å²) in [5.74, 6) is 3.02. The Morgan fingerprint density at radius 1 is 0.415 bits per heavy atom. The van der Waals surface area contributed by atoms with Gasteiger partial charge in [0.1, 0.15) is 23.0 Å². The Bertz CT molecular complexity index is 3170. The van der Waals surface area contributed by atoms with Crippen LogP contribution in [0.3, 0.4) is 0 Å². The maximum absolute atomic E-state index is 6.88. The van der Waals surface area contributed by atoms with Crippen molar-refractivity contribution in [1.29, 1.82) is 0 Å². The number of H-pyrrole nitrogens is 2. The topological polar surface area (TPSA) is 113 Å². The van der Waals surface area contributed by atoms with Crippen molar-refractivity contribution >= 4 is 59.0 Å². The molecule has 3 aromatic heterocycles. The van der Waals surface area contributed by atoms with E-state index in [0.29, 0.717) is 0 Å². The SMILES string of the molecule is COc1ccc(-c2c3nc(c(-c4ccc(OC)cc4)c4cc(B5OC(C)(C)C(C)(C)O5)c([nH]4)c(-c4ccc(OC)cc4)c4nc(c(-c5ccc(OC)cc5)c5ccc2[nH]5)C=C4)C=C3)cc1. The average molecular weight is 861 g/mol. The van der Waals surface area contributed by atoms with Crippen molar-refractivity contribution < 1.29 is 28.3 Å². The van der Waals surface area contributed by atoms with Crippen molar-refractivity contribution in [3.63, 3.8) is 0 Å². The molecule has 3 aliphatic heterocycles. The lowest BCUT2D eigenvalue weighted by atomic mass is 9.78. The lowest BCUT2D eigenvalue weighted by molar-refractivity contribution is 0.00578. The second kappa shape index (κ2) is 16.3. The summed E-state index contributed by atoms with van der Waals surface area (Å²) in [6.07, 6.45) is 8.35. The fourth-order valence-corrected chi connectivity index (χ4v) is 8.71. The third-order valence-electron chi connectivity index (χ3n) is 12.9. The van der Waals surface area contributed by atoms with Gasteiger partial charge in [-0.3, -0.25) is 0 Å². The van der Waals surface area contributed by atoms with Gasteiger partial charge in [0.05, 0.1) is 62.4 Å². The molecule has 0 spiro atoms. The number of methoxy groups -OCH3 is 4. The van der Waals surface area contributed by atoms with Gasteiger partial charge < -0.3 is 38.2 Å². The van der Waals surface area contributed by atoms with E-state index in [1.807, 2.05) is 48.5 Å². The van der Waals surface area contributed by atoms with Gasteiger partial charge in [-0.25, -0.2) is 9.97 Å². The molecule has 6 heterocycles. The first kappa shape index (κ1) is 41.7. The summed E-state index contributed by atoms with van der Waals surface area (Å²) in [7, 11) is 5.97. The molecular weight excluding hydrogens is 811 g/mol. The molecule has 7 aromatic rings. The first-order valence-corrected chi connectivity index (χ1v) is 21.6. The number of aromatic amines is 2. The Labute approximate surface area is 378 Å². The Balaban J connectivity index is 1.40. The van der Waals surface area contributed by atoms with Gasteiger partial charge in [-0.05, 0) is 141 Å². The van der Waals surface area contributed by atoms with Crippen molar-refractivity contribution in [1.82, 2.24) is 19.9 Å². The van der Waals surface area contributed by atoms with Crippen molar-refractivity contribution in [2.45, 2.75) is 38.9 Å². The van der Waals surface area contributed by atoms with Crippen LogP contribution in [0, 0.1) is 0 Å². The maximum atomic E-state index is 6.88. The van der Waals surface area contributed by atoms with E-state index in [4.69, 9.17) is 38.2 Å². The molecule has 10 nitrogen and oxygen atoms in total. The first-order chi connectivity index (χ1) is 31.5. The molecule has 65 heavy (non-hydrogen) atoms. The molecule has 11 heteroatoms. The lowest BCUT2D eigenvalue weighted by Gasteiger charge is -2.32. The molecule has 0 saturated carbocycles. The summed E-state index contributed by atoms with van der Waals surface area (Å²) in [4.78, 5) is 18.8. The molecular formula is C54H49BN4O6. The van der Waals surface area contributed by atoms with E-state index < -0.39 is 18.3 Å². The predicted octanol–water partition coefficient (Wildman–Crippen LogP) is 11.7. The van der Waals surface area contributed by atoms with Gasteiger partial charge in [-0.1, -0.05) is 48.5 Å². The Hall–Kier alpha value is -7.34. The number of nitrogens with zero attached hydrogens (tertiary/aromatic N) is 2. The van der Waals surface area contributed by atoms with Crippen LogP contribution in [0.25, 0.3) is 90.9 Å². The van der Waals surface area contributed by atoms with Gasteiger partial charge in [0.2, 0.25) is 0 Å². The Morgan fingerprint density at radius 2 is 0.738 bits per heavy atom. The number of nitrogens with one attached hydrogen (secondary N) is 2. The van der Waals surface area contributed by atoms with E-state index in [9.17, 15) is 0 Å². The molecule has 3 aliphatic rings. The van der Waals surface area contributed by atoms with Crippen LogP contribution in [0.1, 0.15) is 50.5 Å². The molecule has 0 unspecified atom stereocenters. The highest BCUT2D eigenvalue weighted by Gasteiger charge is 2.52. The van der Waals surface area contributed by atoms with Crippen LogP contribution in [0.15, 0.2) is 115 Å². The molecule has 324 valence electrons. The number of ether oxygens (including phenoxy) is 4. The Kier molecular flexibility index (Phi) is 10.5. The second-order valence-electron chi connectivity index (χ2n) is 17.2. The minimum Gasteiger partial charge on any atom is -0.497 e. The lowest BCUT2D eigenvalue weighted by Crippen LogP contribution is -2.41. The minimum atomic E-state index is -0.724. The first-order valence-electron chi connectivity index (χ1n) is 21.6. The summed E-state index contributed by atoms with van der Waals surface area (Å²) in [5, 5.41) is 0. The third-order valence-corrected chi connectivity index (χ3v) is 12.9. The van der Waals surface area contributed by atoms with E-state index in [0.717, 1.165) is 118 Å². The quantitative estimate of drug-likeness (QED) is 0.138. The van der Waals surface area contributed by atoms with Crippen molar-refractivity contribution in [2.24, 2.45) is 0 Å². The standard InChI is InChI=1S/C54H49BN4O6/c1-53(2)54(3,4)65-55(64-53)40-31-47-50(34-13-21-38(62-7)22-14-34)45-28-27-43(57-45)48(32-9-17-36(60-5)18-10-32)41-25-26-42(56-41)49(33-11-19-37(61-6)20-12-33)44-29-30-46(58-44)51(52(40)59-47)35-15-23-39(63-8)24-16-35/h9-31,56,59H,1-8H3. The number of rotatable bonds is 9. The monoisotopic (exact) mass is 860 g/mol. The Morgan fingerprint density at radius 3 is 1.09 bits per heavy atom. The van der Waals surface area contributed by atoms with Crippen LogP contribution in [-0.4, -0.2) is 66.7 Å². The predicted molar refractivity (Wildman–Crippen MR) is 263 cm³/mol. The zero-order valence-electron chi connectivity index (χ0n) is 37.7. The van der Waals surface area contributed by atoms with Gasteiger partial charge >= 0.3 is 7.12 Å². The van der Waals surface area contributed by atoms with Crippen LogP contribution >= 0.6 is 0 Å². The van der Waals surface area contributed by atoms with Gasteiger partial charge in [-0.2, -0.15) is 0 Å². The van der Waals surface area contributed by atoms with Crippen LogP contribution in [0.2, 0.25) is 0 Å². The molecule has 10 rings (SSSR count). The highest BCUT2D eigenvalue weighted by atomic mass is 16.7. The van der Waals surface area contributed by atoms with E-state index in [1.165, 1.54) is 0 Å². The fourth-order valence-electron chi connectivity index (χ4n) is 8.71. The maximum Gasteiger partial charge on any atom is 0.497 e. The third kappa shape index (κ3) is 7.46. The second-order valence-corrected chi connectivity index (χ2v) is 17.2. The number of benzene rings is 4. The van der Waals surface area contributed by atoms with Gasteiger partial charge in [-0.15, -0.1) is 0 Å². The highest BCUT2D eigenvalue weighted by molar-refractivity contribution is 6.65. The van der Waals surface area contributed by atoms with E-state index in [-0.39, 0.29) is 0 Å². The molecule has 1 saturated heterocycles. The van der Waals surface area contributed by atoms with Crippen molar-refractivity contribution in [3.8, 4) is 67.5 Å². The van der Waals surface area contributed by atoms with Crippen LogP contribution in [0.5, 0.6) is 23.0 Å². The summed E-state index contributed by atoms with van der Waals surface area (Å²) in [6.45, 7) is 8.30. The summed E-state index contributed by atoms with van der Waals surface area (Å²) in [5.41, 5.74) is 13.5. The summed E-state index contributed by atoms with van der Waals surface area (Å²) in [6, 6.07) is 38.7. The van der Waals surface area contributed by atoms with Crippen LogP contribution in [0.4, 0.5) is 0 Å². The molecule has 8 bridgehead atoms. The molecule has 0 atom stereocenters. The van der Waals surface area contributed by atoms with Crippen molar-refractivity contribution in [2.75, 3.05) is 28.4 Å². The molecule has 0 aliphatic carbocycles. The van der Waals surface area contributed by atoms with Gasteiger partial charge in [0.15, 0.2) is 0 Å². The summed E-state index contributed by atoms with van der Waals surface area (Å²) < 4.78 is 36.2. The minimum absolute atomic E-state index is 0.608. The number of aromatic nitrogens is 4. The smallest absolute Gasteiger partial charge is 0.497 e. The molecule has 1 fully saturated rings. The zero-order chi connectivity index (χ0) is 45.0. The average Bonchev–Trinajstić information content (AvgIpc) is 4.19. The van der Waals surface area contributed by atoms with E-state index in [1.54, 1.807) is 28.4 Å². The fraction of sp³-hybridized carbons (Fsp3) is 0.185. The van der Waals surface area contributed by atoms with E-state index >= 15 is 0 Å². The zero-order valence-corrected chi connectivity index (χ0v) is 37.7. The molecule has 4 aromatic carbocycles. The molecule has 0 radical (unpaired) electrons. The largest absolute Gasteiger partial charge is 0.497 e. The highest BCUT2D eigenvalue weighted by Crippen LogP contribution is 2.42. The molecule has 0 amide bonds. The van der Waals surface area contributed by atoms with Crippen molar-refractivity contribution in [3.05, 3.63) is 138 Å².